The Balaban J connectivity index is 1.99. The molecule has 20 heavy (non-hydrogen) atoms. The van der Waals surface area contributed by atoms with Crippen LogP contribution in [-0.4, -0.2) is 5.88 Å². The first-order chi connectivity index (χ1) is 9.69. The highest BCUT2D eigenvalue weighted by Crippen LogP contribution is 2.20. The molecular weight excluding hydrogens is 289 g/mol. The summed E-state index contributed by atoms with van der Waals surface area (Å²) < 4.78 is 0. The van der Waals surface area contributed by atoms with Crippen LogP contribution >= 0.6 is 23.2 Å². The van der Waals surface area contributed by atoms with E-state index in [1.54, 1.807) is 0 Å². The van der Waals surface area contributed by atoms with E-state index < -0.39 is 0 Å². The van der Waals surface area contributed by atoms with Gasteiger partial charge in [0, 0.05) is 23.1 Å². The maximum atomic E-state index is 6.24. The van der Waals surface area contributed by atoms with Gasteiger partial charge in [0.2, 0.25) is 0 Å². The molecule has 0 bridgehead atoms. The first-order valence-electron chi connectivity index (χ1n) is 6.83. The minimum atomic E-state index is 0.705. The molecule has 1 nitrogen and oxygen atoms in total. The van der Waals surface area contributed by atoms with Crippen molar-refractivity contribution < 1.29 is 0 Å². The number of benzene rings is 2. The smallest absolute Gasteiger partial charge is 0.0458 e. The summed E-state index contributed by atoms with van der Waals surface area (Å²) in [5.41, 5.74) is 4.73. The Morgan fingerprint density at radius 3 is 2.70 bits per heavy atom. The predicted octanol–water partition coefficient (Wildman–Crippen LogP) is 5.43. The van der Waals surface area contributed by atoms with Gasteiger partial charge in [-0.3, -0.25) is 0 Å². The van der Waals surface area contributed by atoms with Crippen LogP contribution in [0, 0.1) is 6.92 Å². The van der Waals surface area contributed by atoms with Crippen LogP contribution in [0.15, 0.2) is 42.5 Å². The highest BCUT2D eigenvalue weighted by Gasteiger charge is 2.01. The van der Waals surface area contributed by atoms with Crippen molar-refractivity contribution in [1.29, 1.82) is 0 Å². The molecule has 1 N–H and O–H groups in total. The normalized spacial score (nSPS) is 10.6. The average molecular weight is 308 g/mol. The van der Waals surface area contributed by atoms with Gasteiger partial charge in [0.1, 0.15) is 0 Å². The van der Waals surface area contributed by atoms with Gasteiger partial charge in [-0.05, 0) is 54.7 Å². The first-order valence-corrected chi connectivity index (χ1v) is 7.74. The first kappa shape index (κ1) is 15.2. The third-order valence-corrected chi connectivity index (χ3v) is 3.84. The van der Waals surface area contributed by atoms with Crippen molar-refractivity contribution in [2.45, 2.75) is 26.3 Å². The monoisotopic (exact) mass is 307 g/mol. The number of rotatable bonds is 6. The summed E-state index contributed by atoms with van der Waals surface area (Å²) in [5.74, 6) is 0.705. The average Bonchev–Trinajstić information content (AvgIpc) is 2.45. The van der Waals surface area contributed by atoms with E-state index in [1.807, 2.05) is 13.0 Å². The van der Waals surface area contributed by atoms with Gasteiger partial charge >= 0.3 is 0 Å². The molecular formula is C17H19Cl2N. The fourth-order valence-corrected chi connectivity index (χ4v) is 2.54. The quantitative estimate of drug-likeness (QED) is 0.701. The molecule has 0 fully saturated rings. The van der Waals surface area contributed by atoms with E-state index in [-0.39, 0.29) is 0 Å². The third-order valence-electron chi connectivity index (χ3n) is 3.22. The standard InChI is InChI=1S/C17H19Cl2N/c1-13-7-8-15(17(19)10-13)12-20-16-6-2-4-14(11-16)5-3-9-18/h2,4,6-8,10-11,20H,3,5,9,12H2,1H3. The van der Waals surface area contributed by atoms with E-state index in [2.05, 4.69) is 41.7 Å². The van der Waals surface area contributed by atoms with Crippen LogP contribution in [0.5, 0.6) is 0 Å². The summed E-state index contributed by atoms with van der Waals surface area (Å²) in [6.07, 6.45) is 2.03. The zero-order valence-corrected chi connectivity index (χ0v) is 13.1. The van der Waals surface area contributed by atoms with Gasteiger partial charge < -0.3 is 5.32 Å². The fourth-order valence-electron chi connectivity index (χ4n) is 2.10. The maximum absolute atomic E-state index is 6.24. The van der Waals surface area contributed by atoms with Crippen molar-refractivity contribution in [2.24, 2.45) is 0 Å². The van der Waals surface area contributed by atoms with Gasteiger partial charge in [0.05, 0.1) is 0 Å². The zero-order valence-electron chi connectivity index (χ0n) is 11.6. The van der Waals surface area contributed by atoms with Crippen LogP contribution in [0.25, 0.3) is 0 Å². The summed E-state index contributed by atoms with van der Waals surface area (Å²) in [6.45, 7) is 2.78. The van der Waals surface area contributed by atoms with Crippen LogP contribution < -0.4 is 5.32 Å². The molecule has 0 unspecified atom stereocenters. The van der Waals surface area contributed by atoms with Gasteiger partial charge in [0.25, 0.3) is 0 Å². The van der Waals surface area contributed by atoms with E-state index in [9.17, 15) is 0 Å². The number of nitrogens with one attached hydrogen (secondary N) is 1. The Morgan fingerprint density at radius 1 is 1.10 bits per heavy atom. The molecule has 2 aromatic carbocycles. The summed E-state index contributed by atoms with van der Waals surface area (Å²) in [4.78, 5) is 0. The zero-order chi connectivity index (χ0) is 14.4. The van der Waals surface area contributed by atoms with Gasteiger partial charge in [-0.15, -0.1) is 11.6 Å². The molecule has 0 aromatic heterocycles. The molecule has 2 aromatic rings. The molecule has 0 atom stereocenters. The minimum absolute atomic E-state index is 0.705. The molecule has 0 aliphatic carbocycles. The van der Waals surface area contributed by atoms with Crippen LogP contribution in [0.1, 0.15) is 23.1 Å². The number of anilines is 1. The van der Waals surface area contributed by atoms with Crippen molar-refractivity contribution in [3.63, 3.8) is 0 Å². The highest BCUT2D eigenvalue weighted by atomic mass is 35.5. The van der Waals surface area contributed by atoms with Crippen molar-refractivity contribution in [1.82, 2.24) is 0 Å². The Labute approximate surface area is 130 Å². The second kappa shape index (κ2) is 7.56. The molecule has 0 aliphatic heterocycles. The van der Waals surface area contributed by atoms with Gasteiger partial charge in [-0.1, -0.05) is 35.9 Å². The predicted molar refractivity (Wildman–Crippen MR) is 89.0 cm³/mol. The molecule has 0 radical (unpaired) electrons. The SMILES string of the molecule is Cc1ccc(CNc2cccc(CCCCl)c2)c(Cl)c1. The Kier molecular flexibility index (Phi) is 5.75. The van der Waals surface area contributed by atoms with Gasteiger partial charge in [-0.2, -0.15) is 0 Å². The van der Waals surface area contributed by atoms with Crippen molar-refractivity contribution >= 4 is 28.9 Å². The number of hydrogen-bond acceptors (Lipinski definition) is 1. The second-order valence-corrected chi connectivity index (χ2v) is 5.73. The van der Waals surface area contributed by atoms with E-state index in [0.717, 1.165) is 35.7 Å². The Morgan fingerprint density at radius 2 is 1.95 bits per heavy atom. The third kappa shape index (κ3) is 4.43. The van der Waals surface area contributed by atoms with E-state index in [0.29, 0.717) is 5.88 Å². The number of aryl methyl sites for hydroxylation is 2. The molecule has 0 aliphatic rings. The molecule has 3 heteroatoms. The lowest BCUT2D eigenvalue weighted by molar-refractivity contribution is 0.928. The second-order valence-electron chi connectivity index (χ2n) is 4.94. The lowest BCUT2D eigenvalue weighted by Gasteiger charge is -2.10. The van der Waals surface area contributed by atoms with Crippen LogP contribution in [0.2, 0.25) is 5.02 Å². The van der Waals surface area contributed by atoms with Crippen molar-refractivity contribution in [2.75, 3.05) is 11.2 Å². The van der Waals surface area contributed by atoms with Crippen molar-refractivity contribution in [3.05, 3.63) is 64.2 Å². The topological polar surface area (TPSA) is 12.0 Å². The molecule has 0 saturated heterocycles. The number of hydrogen-bond donors (Lipinski definition) is 1. The largest absolute Gasteiger partial charge is 0.381 e. The molecule has 0 spiro atoms. The summed E-state index contributed by atoms with van der Waals surface area (Å²) >= 11 is 12.0. The van der Waals surface area contributed by atoms with Crippen molar-refractivity contribution in [3.8, 4) is 0 Å². The lowest BCUT2D eigenvalue weighted by atomic mass is 10.1. The van der Waals surface area contributed by atoms with E-state index in [4.69, 9.17) is 23.2 Å². The fraction of sp³-hybridized carbons (Fsp3) is 0.294. The molecule has 0 saturated carbocycles. The summed E-state index contributed by atoms with van der Waals surface area (Å²) in [6, 6.07) is 14.6. The number of halogens is 2. The van der Waals surface area contributed by atoms with Crippen LogP contribution in [0.3, 0.4) is 0 Å². The summed E-state index contributed by atoms with van der Waals surface area (Å²) in [5, 5.41) is 4.24. The Hall–Kier alpha value is -1.18. The molecule has 106 valence electrons. The minimum Gasteiger partial charge on any atom is -0.381 e. The molecule has 0 heterocycles. The van der Waals surface area contributed by atoms with E-state index in [1.165, 1.54) is 11.1 Å². The summed E-state index contributed by atoms with van der Waals surface area (Å²) in [7, 11) is 0. The molecule has 2 rings (SSSR count). The van der Waals surface area contributed by atoms with Crippen LogP contribution in [0.4, 0.5) is 5.69 Å². The lowest BCUT2D eigenvalue weighted by Crippen LogP contribution is -2.01. The Bertz CT molecular complexity index is 567. The highest BCUT2D eigenvalue weighted by molar-refractivity contribution is 6.31. The van der Waals surface area contributed by atoms with Crippen LogP contribution in [-0.2, 0) is 13.0 Å². The molecule has 0 amide bonds. The van der Waals surface area contributed by atoms with Gasteiger partial charge in [-0.25, -0.2) is 0 Å². The van der Waals surface area contributed by atoms with Gasteiger partial charge in [0.15, 0.2) is 0 Å². The number of alkyl halides is 1. The van der Waals surface area contributed by atoms with E-state index >= 15 is 0 Å². The maximum Gasteiger partial charge on any atom is 0.0458 e.